The average molecular weight is 392 g/mol. The van der Waals surface area contributed by atoms with Crippen molar-refractivity contribution < 1.29 is 9.53 Å². The van der Waals surface area contributed by atoms with Gasteiger partial charge in [0, 0.05) is 30.8 Å². The van der Waals surface area contributed by atoms with Gasteiger partial charge >= 0.3 is 0 Å². The first-order chi connectivity index (χ1) is 12.7. The molecule has 146 valence electrons. The minimum Gasteiger partial charge on any atom is -0.375 e. The third kappa shape index (κ3) is 4.31. The van der Waals surface area contributed by atoms with Gasteiger partial charge in [-0.2, -0.15) is 0 Å². The van der Waals surface area contributed by atoms with E-state index < -0.39 is 0 Å². The predicted octanol–water partition coefficient (Wildman–Crippen LogP) is 2.41. The van der Waals surface area contributed by atoms with Gasteiger partial charge in [0.05, 0.1) is 12.7 Å². The van der Waals surface area contributed by atoms with Gasteiger partial charge in [-0.05, 0) is 31.9 Å². The van der Waals surface area contributed by atoms with Crippen molar-refractivity contribution in [3.63, 3.8) is 0 Å². The van der Waals surface area contributed by atoms with Crippen molar-refractivity contribution in [2.45, 2.75) is 51.3 Å². The lowest BCUT2D eigenvalue weighted by Gasteiger charge is -2.29. The van der Waals surface area contributed by atoms with Gasteiger partial charge < -0.3 is 19.9 Å². The van der Waals surface area contributed by atoms with Crippen LogP contribution < -0.4 is 10.6 Å². The summed E-state index contributed by atoms with van der Waals surface area (Å²) in [5, 5.41) is 15.0. The van der Waals surface area contributed by atoms with Gasteiger partial charge in [0.2, 0.25) is 5.91 Å². The van der Waals surface area contributed by atoms with E-state index in [1.807, 2.05) is 31.2 Å². The maximum absolute atomic E-state index is 12.6. The molecule has 0 radical (unpaired) electrons. The van der Waals surface area contributed by atoms with Gasteiger partial charge in [-0.15, -0.1) is 22.6 Å². The van der Waals surface area contributed by atoms with Crippen LogP contribution in [0.2, 0.25) is 0 Å². The first-order valence-electron chi connectivity index (χ1n) is 9.41. The zero-order chi connectivity index (χ0) is 17.9. The van der Waals surface area contributed by atoms with Gasteiger partial charge in [0.1, 0.15) is 11.9 Å². The number of benzene rings is 1. The first kappa shape index (κ1) is 19.8. The number of aromatic nitrogens is 3. The number of nitrogens with zero attached hydrogens (tertiary/aromatic N) is 3. The topological polar surface area (TPSA) is 81.1 Å². The van der Waals surface area contributed by atoms with Crippen LogP contribution in [0, 0.1) is 0 Å². The van der Waals surface area contributed by atoms with Crippen molar-refractivity contribution in [2.24, 2.45) is 0 Å². The third-order valence-electron chi connectivity index (χ3n) is 5.10. The molecule has 1 aromatic heterocycles. The van der Waals surface area contributed by atoms with E-state index in [-0.39, 0.29) is 30.5 Å². The Balaban J connectivity index is 0.00000210. The zero-order valence-corrected chi connectivity index (χ0v) is 16.3. The molecule has 0 spiro atoms. The average Bonchev–Trinajstić information content (AvgIpc) is 2.91. The molecule has 27 heavy (non-hydrogen) atoms. The minimum atomic E-state index is -0.336. The predicted molar refractivity (Wildman–Crippen MR) is 106 cm³/mol. The van der Waals surface area contributed by atoms with E-state index in [4.69, 9.17) is 4.74 Å². The summed E-state index contributed by atoms with van der Waals surface area (Å²) in [6.07, 6.45) is 4.39. The summed E-state index contributed by atoms with van der Waals surface area (Å²) in [5.74, 6) is 1.87. The number of carbonyl (C=O) groups excluding carboxylic acids is 1. The van der Waals surface area contributed by atoms with Crippen LogP contribution >= 0.6 is 12.4 Å². The summed E-state index contributed by atoms with van der Waals surface area (Å²) in [5.41, 5.74) is 1.74. The number of ether oxygens (including phenoxy) is 1. The Bertz CT molecular complexity index is 794. The number of morpholine rings is 1. The highest BCUT2D eigenvalue weighted by Crippen LogP contribution is 2.25. The minimum absolute atomic E-state index is 0. The number of fused-ring (bicyclic) bond motifs is 1. The van der Waals surface area contributed by atoms with Crippen LogP contribution in [-0.2, 0) is 22.5 Å². The number of nitrogens with one attached hydrogen (secondary N) is 2. The number of carbonyl (C=O) groups is 1. The lowest BCUT2D eigenvalue weighted by Crippen LogP contribution is -2.53. The van der Waals surface area contributed by atoms with E-state index in [1.54, 1.807) is 0 Å². The largest absolute Gasteiger partial charge is 0.375 e. The maximum Gasteiger partial charge on any atom is 0.244 e. The van der Waals surface area contributed by atoms with Crippen molar-refractivity contribution in [3.8, 4) is 11.4 Å². The smallest absolute Gasteiger partial charge is 0.244 e. The van der Waals surface area contributed by atoms with Crippen molar-refractivity contribution in [1.29, 1.82) is 0 Å². The number of aryl methyl sites for hydroxylation is 1. The molecule has 0 aliphatic carbocycles. The molecular formula is C19H26ClN5O2. The Labute approximate surface area is 165 Å². The highest BCUT2D eigenvalue weighted by molar-refractivity contribution is 5.95. The molecule has 0 saturated carbocycles. The monoisotopic (exact) mass is 391 g/mol. The van der Waals surface area contributed by atoms with Crippen LogP contribution in [0.1, 0.15) is 32.0 Å². The van der Waals surface area contributed by atoms with Crippen LogP contribution in [0.25, 0.3) is 11.4 Å². The number of rotatable bonds is 3. The molecular weight excluding hydrogens is 366 g/mol. The molecule has 7 nitrogen and oxygen atoms in total. The van der Waals surface area contributed by atoms with E-state index >= 15 is 0 Å². The summed E-state index contributed by atoms with van der Waals surface area (Å²) in [6.45, 7) is 4.19. The van der Waals surface area contributed by atoms with Gasteiger partial charge in [-0.1, -0.05) is 18.6 Å². The maximum atomic E-state index is 12.6. The fourth-order valence-corrected chi connectivity index (χ4v) is 3.68. The Morgan fingerprint density at radius 2 is 2.19 bits per heavy atom. The summed E-state index contributed by atoms with van der Waals surface area (Å²) >= 11 is 0. The second-order valence-corrected chi connectivity index (χ2v) is 6.98. The van der Waals surface area contributed by atoms with Crippen molar-refractivity contribution in [1.82, 2.24) is 20.1 Å². The molecule has 1 fully saturated rings. The quantitative estimate of drug-likeness (QED) is 0.839. The van der Waals surface area contributed by atoms with E-state index in [0.29, 0.717) is 13.2 Å². The molecule has 2 atom stereocenters. The standard InChI is InChI=1S/C19H25N5O2.ClH/c1-13-17(20-9-11-26-13)19(25)21-15-7-5-6-14(12-15)18-23-22-16-8-3-2-4-10-24(16)18;/h5-7,12-13,17,20H,2-4,8-11H2,1H3,(H,21,25);1H/t13-,17+;/m1./s1. The number of hydrogen-bond acceptors (Lipinski definition) is 5. The lowest BCUT2D eigenvalue weighted by molar-refractivity contribution is -0.123. The molecule has 2 aliphatic heterocycles. The Hall–Kier alpha value is -1.96. The van der Waals surface area contributed by atoms with E-state index in [0.717, 1.165) is 42.3 Å². The first-order valence-corrected chi connectivity index (χ1v) is 9.41. The normalized spacial score (nSPS) is 22.3. The Morgan fingerprint density at radius 3 is 3.04 bits per heavy atom. The van der Waals surface area contributed by atoms with Gasteiger partial charge in [0.25, 0.3) is 0 Å². The SMILES string of the molecule is C[C@H]1OCCN[C@@H]1C(=O)Nc1cccc(-c2nnc3n2CCCCC3)c1.Cl. The fourth-order valence-electron chi connectivity index (χ4n) is 3.68. The van der Waals surface area contributed by atoms with E-state index in [1.165, 1.54) is 12.8 Å². The molecule has 1 saturated heterocycles. The molecule has 2 aliphatic rings. The van der Waals surface area contributed by atoms with Gasteiger partial charge in [-0.3, -0.25) is 4.79 Å². The van der Waals surface area contributed by atoms with E-state index in [2.05, 4.69) is 25.4 Å². The van der Waals surface area contributed by atoms with Crippen molar-refractivity contribution in [3.05, 3.63) is 30.1 Å². The van der Waals surface area contributed by atoms with Crippen molar-refractivity contribution >= 4 is 24.0 Å². The molecule has 1 amide bonds. The second-order valence-electron chi connectivity index (χ2n) is 6.98. The van der Waals surface area contributed by atoms with Crippen LogP contribution in [0.5, 0.6) is 0 Å². The van der Waals surface area contributed by atoms with Gasteiger partial charge in [-0.25, -0.2) is 0 Å². The lowest BCUT2D eigenvalue weighted by atomic mass is 10.1. The number of hydrogen-bond donors (Lipinski definition) is 2. The summed E-state index contributed by atoms with van der Waals surface area (Å²) in [7, 11) is 0. The fraction of sp³-hybridized carbons (Fsp3) is 0.526. The summed E-state index contributed by atoms with van der Waals surface area (Å²) in [6, 6.07) is 7.49. The molecule has 1 aromatic carbocycles. The molecule has 0 bridgehead atoms. The summed E-state index contributed by atoms with van der Waals surface area (Å²) < 4.78 is 7.78. The van der Waals surface area contributed by atoms with Crippen LogP contribution in [0.3, 0.4) is 0 Å². The molecule has 0 unspecified atom stereocenters. The van der Waals surface area contributed by atoms with Crippen LogP contribution in [-0.4, -0.2) is 46.0 Å². The second kappa shape index (κ2) is 8.82. The van der Waals surface area contributed by atoms with Gasteiger partial charge in [0.15, 0.2) is 5.82 Å². The molecule has 4 rings (SSSR count). The number of anilines is 1. The van der Waals surface area contributed by atoms with E-state index in [9.17, 15) is 4.79 Å². The highest BCUT2D eigenvalue weighted by atomic mass is 35.5. The molecule has 3 heterocycles. The van der Waals surface area contributed by atoms with Crippen LogP contribution in [0.4, 0.5) is 5.69 Å². The third-order valence-corrected chi connectivity index (χ3v) is 5.10. The highest BCUT2D eigenvalue weighted by Gasteiger charge is 2.28. The number of amides is 1. The zero-order valence-electron chi connectivity index (χ0n) is 15.5. The Kier molecular flexibility index (Phi) is 6.46. The number of halogens is 1. The Morgan fingerprint density at radius 1 is 1.30 bits per heavy atom. The molecule has 8 heteroatoms. The van der Waals surface area contributed by atoms with Crippen molar-refractivity contribution in [2.75, 3.05) is 18.5 Å². The molecule has 2 aromatic rings. The summed E-state index contributed by atoms with van der Waals surface area (Å²) in [4.78, 5) is 12.6. The van der Waals surface area contributed by atoms with Crippen LogP contribution in [0.15, 0.2) is 24.3 Å². The molecule has 2 N–H and O–H groups in total.